The van der Waals surface area contributed by atoms with Gasteiger partial charge in [-0.1, -0.05) is 24.4 Å². The van der Waals surface area contributed by atoms with Gasteiger partial charge in [0.25, 0.3) is 0 Å². The summed E-state index contributed by atoms with van der Waals surface area (Å²) < 4.78 is 0. The third-order valence-electron chi connectivity index (χ3n) is 3.54. The van der Waals surface area contributed by atoms with Gasteiger partial charge < -0.3 is 5.32 Å². The molecule has 0 aromatic carbocycles. The summed E-state index contributed by atoms with van der Waals surface area (Å²) in [6.45, 7) is 1.05. The van der Waals surface area contributed by atoms with Gasteiger partial charge in [-0.05, 0) is 25.0 Å². The summed E-state index contributed by atoms with van der Waals surface area (Å²) in [5, 5.41) is 4.06. The third-order valence-corrected chi connectivity index (χ3v) is 3.75. The van der Waals surface area contributed by atoms with Crippen LogP contribution in [-0.4, -0.2) is 11.5 Å². The minimum atomic E-state index is 0.306. The zero-order valence-electron chi connectivity index (χ0n) is 8.02. The van der Waals surface area contributed by atoms with Crippen LogP contribution in [0.15, 0.2) is 12.1 Å². The zero-order valence-corrected chi connectivity index (χ0v) is 8.77. The molecule has 0 unspecified atom stereocenters. The predicted molar refractivity (Wildman–Crippen MR) is 57.9 cm³/mol. The summed E-state index contributed by atoms with van der Waals surface area (Å²) >= 11 is 5.95. The SMILES string of the molecule is Clc1ccc2c(n1)C1(CCCC1)CN2. The second-order valence-corrected chi connectivity index (χ2v) is 4.76. The minimum Gasteiger partial charge on any atom is -0.383 e. The molecule has 0 amide bonds. The summed E-state index contributed by atoms with van der Waals surface area (Å²) in [4.78, 5) is 4.49. The Morgan fingerprint density at radius 2 is 2.07 bits per heavy atom. The van der Waals surface area contributed by atoms with Crippen LogP contribution in [0.4, 0.5) is 5.69 Å². The molecule has 1 aromatic heterocycles. The Bertz CT molecular complexity index is 370. The fourth-order valence-corrected chi connectivity index (χ4v) is 2.94. The van der Waals surface area contributed by atoms with Gasteiger partial charge in [-0.15, -0.1) is 0 Å². The largest absolute Gasteiger partial charge is 0.383 e. The Morgan fingerprint density at radius 1 is 1.29 bits per heavy atom. The van der Waals surface area contributed by atoms with Crippen LogP contribution in [0.5, 0.6) is 0 Å². The monoisotopic (exact) mass is 208 g/mol. The highest BCUT2D eigenvalue weighted by Gasteiger charge is 2.42. The van der Waals surface area contributed by atoms with Crippen LogP contribution < -0.4 is 5.32 Å². The summed E-state index contributed by atoms with van der Waals surface area (Å²) in [5.74, 6) is 0. The number of nitrogens with one attached hydrogen (secondary N) is 1. The molecular weight excluding hydrogens is 196 g/mol. The normalized spacial score (nSPS) is 22.4. The van der Waals surface area contributed by atoms with Gasteiger partial charge in [-0.3, -0.25) is 0 Å². The molecule has 0 atom stereocenters. The first-order valence-electron chi connectivity index (χ1n) is 5.21. The van der Waals surface area contributed by atoms with Crippen molar-refractivity contribution in [3.8, 4) is 0 Å². The highest BCUT2D eigenvalue weighted by atomic mass is 35.5. The Labute approximate surface area is 88.7 Å². The third kappa shape index (κ3) is 1.07. The van der Waals surface area contributed by atoms with Gasteiger partial charge in [0.2, 0.25) is 0 Å². The molecule has 1 spiro atoms. The van der Waals surface area contributed by atoms with E-state index in [-0.39, 0.29) is 0 Å². The van der Waals surface area contributed by atoms with Crippen LogP contribution in [0.2, 0.25) is 5.15 Å². The Morgan fingerprint density at radius 3 is 2.86 bits per heavy atom. The van der Waals surface area contributed by atoms with Crippen molar-refractivity contribution in [2.75, 3.05) is 11.9 Å². The molecule has 1 N–H and O–H groups in total. The highest BCUT2D eigenvalue weighted by Crippen LogP contribution is 2.47. The Balaban J connectivity index is 2.12. The number of nitrogens with zero attached hydrogens (tertiary/aromatic N) is 1. The molecule has 0 saturated heterocycles. The molecule has 74 valence electrons. The molecule has 3 rings (SSSR count). The number of aromatic nitrogens is 1. The van der Waals surface area contributed by atoms with Crippen molar-refractivity contribution in [3.05, 3.63) is 23.0 Å². The number of halogens is 1. The maximum atomic E-state index is 5.95. The lowest BCUT2D eigenvalue weighted by atomic mass is 9.84. The first-order valence-corrected chi connectivity index (χ1v) is 5.59. The average molecular weight is 209 g/mol. The number of pyridine rings is 1. The molecule has 14 heavy (non-hydrogen) atoms. The van der Waals surface area contributed by atoms with Gasteiger partial charge in [0.05, 0.1) is 11.4 Å². The smallest absolute Gasteiger partial charge is 0.129 e. The molecule has 1 fully saturated rings. The molecule has 2 nitrogen and oxygen atoms in total. The first-order chi connectivity index (χ1) is 6.80. The number of hydrogen-bond donors (Lipinski definition) is 1. The van der Waals surface area contributed by atoms with E-state index in [4.69, 9.17) is 11.6 Å². The summed E-state index contributed by atoms with van der Waals surface area (Å²) in [6.07, 6.45) is 5.19. The number of anilines is 1. The fourth-order valence-electron chi connectivity index (χ4n) is 2.80. The standard InChI is InChI=1S/C11H13ClN2/c12-9-4-3-8-10(14-9)11(7-13-8)5-1-2-6-11/h3-4,13H,1-2,5-7H2. The van der Waals surface area contributed by atoms with Gasteiger partial charge in [-0.25, -0.2) is 4.98 Å². The van der Waals surface area contributed by atoms with E-state index in [1.165, 1.54) is 37.1 Å². The van der Waals surface area contributed by atoms with Crippen LogP contribution >= 0.6 is 11.6 Å². The first kappa shape index (κ1) is 8.54. The summed E-state index contributed by atoms with van der Waals surface area (Å²) in [5.41, 5.74) is 2.71. The summed E-state index contributed by atoms with van der Waals surface area (Å²) in [7, 11) is 0. The molecule has 0 radical (unpaired) electrons. The van der Waals surface area contributed by atoms with Gasteiger partial charge in [-0.2, -0.15) is 0 Å². The van der Waals surface area contributed by atoms with Crippen LogP contribution in [0, 0.1) is 0 Å². The lowest BCUT2D eigenvalue weighted by molar-refractivity contribution is 0.476. The molecule has 2 heterocycles. The van der Waals surface area contributed by atoms with E-state index in [1.54, 1.807) is 0 Å². The number of fused-ring (bicyclic) bond motifs is 2. The van der Waals surface area contributed by atoms with Crippen LogP contribution in [-0.2, 0) is 5.41 Å². The van der Waals surface area contributed by atoms with E-state index in [0.29, 0.717) is 10.6 Å². The van der Waals surface area contributed by atoms with Crippen LogP contribution in [0.1, 0.15) is 31.4 Å². The van der Waals surface area contributed by atoms with E-state index in [9.17, 15) is 0 Å². The quantitative estimate of drug-likeness (QED) is 0.664. The molecule has 1 saturated carbocycles. The second-order valence-electron chi connectivity index (χ2n) is 4.37. The van der Waals surface area contributed by atoms with E-state index >= 15 is 0 Å². The molecular formula is C11H13ClN2. The van der Waals surface area contributed by atoms with Crippen molar-refractivity contribution in [2.45, 2.75) is 31.1 Å². The van der Waals surface area contributed by atoms with E-state index in [0.717, 1.165) is 6.54 Å². The van der Waals surface area contributed by atoms with Crippen molar-refractivity contribution in [1.29, 1.82) is 0 Å². The molecule has 1 aliphatic heterocycles. The van der Waals surface area contributed by atoms with Gasteiger partial charge in [0, 0.05) is 12.0 Å². The van der Waals surface area contributed by atoms with E-state index in [1.807, 2.05) is 6.07 Å². The molecule has 3 heteroatoms. The highest BCUT2D eigenvalue weighted by molar-refractivity contribution is 6.29. The van der Waals surface area contributed by atoms with Crippen molar-refractivity contribution < 1.29 is 0 Å². The van der Waals surface area contributed by atoms with Crippen molar-refractivity contribution in [2.24, 2.45) is 0 Å². The fraction of sp³-hybridized carbons (Fsp3) is 0.545. The number of rotatable bonds is 0. The topological polar surface area (TPSA) is 24.9 Å². The minimum absolute atomic E-state index is 0.306. The molecule has 0 bridgehead atoms. The van der Waals surface area contributed by atoms with Gasteiger partial charge in [0.15, 0.2) is 0 Å². The van der Waals surface area contributed by atoms with Crippen molar-refractivity contribution in [3.63, 3.8) is 0 Å². The molecule has 1 aliphatic carbocycles. The van der Waals surface area contributed by atoms with Gasteiger partial charge in [0.1, 0.15) is 5.15 Å². The maximum Gasteiger partial charge on any atom is 0.129 e. The van der Waals surface area contributed by atoms with Crippen molar-refractivity contribution in [1.82, 2.24) is 4.98 Å². The van der Waals surface area contributed by atoms with E-state index in [2.05, 4.69) is 16.4 Å². The van der Waals surface area contributed by atoms with E-state index < -0.39 is 0 Å². The average Bonchev–Trinajstić information content (AvgIpc) is 2.77. The molecule has 1 aromatic rings. The Kier molecular flexibility index (Phi) is 1.75. The molecule has 2 aliphatic rings. The zero-order chi connectivity index (χ0) is 9.60. The maximum absolute atomic E-state index is 5.95. The lowest BCUT2D eigenvalue weighted by Gasteiger charge is -2.21. The second kappa shape index (κ2) is 2.86. The predicted octanol–water partition coefficient (Wildman–Crippen LogP) is 2.97. The number of hydrogen-bond acceptors (Lipinski definition) is 2. The summed E-state index contributed by atoms with van der Waals surface area (Å²) in [6, 6.07) is 3.92. The van der Waals surface area contributed by atoms with Crippen LogP contribution in [0.25, 0.3) is 0 Å². The Hall–Kier alpha value is -0.760. The lowest BCUT2D eigenvalue weighted by Crippen LogP contribution is -2.25. The van der Waals surface area contributed by atoms with Gasteiger partial charge >= 0.3 is 0 Å². The van der Waals surface area contributed by atoms with Crippen LogP contribution in [0.3, 0.4) is 0 Å². The van der Waals surface area contributed by atoms with Crippen molar-refractivity contribution >= 4 is 17.3 Å².